The highest BCUT2D eigenvalue weighted by Gasteiger charge is 2.13. The highest BCUT2D eigenvalue weighted by molar-refractivity contribution is 14.0. The molecule has 1 aliphatic carbocycles. The van der Waals surface area contributed by atoms with E-state index >= 15 is 0 Å². The number of hydrogen-bond donors (Lipinski definition) is 2. The van der Waals surface area contributed by atoms with Gasteiger partial charge in [0.1, 0.15) is 0 Å². The summed E-state index contributed by atoms with van der Waals surface area (Å²) in [4.78, 5) is 4.30. The zero-order chi connectivity index (χ0) is 14.0. The van der Waals surface area contributed by atoms with Crippen LogP contribution < -0.4 is 10.6 Å². The fourth-order valence-corrected chi connectivity index (χ4v) is 2.89. The van der Waals surface area contributed by atoms with Gasteiger partial charge in [-0.2, -0.15) is 0 Å². The van der Waals surface area contributed by atoms with Gasteiger partial charge in [-0.05, 0) is 50.9 Å². The van der Waals surface area contributed by atoms with Crippen LogP contribution in [0.15, 0.2) is 16.6 Å². The van der Waals surface area contributed by atoms with Crippen molar-refractivity contribution in [2.45, 2.75) is 44.9 Å². The van der Waals surface area contributed by atoms with Crippen molar-refractivity contribution in [2.24, 2.45) is 10.9 Å². The van der Waals surface area contributed by atoms with Gasteiger partial charge in [0, 0.05) is 33.4 Å². The normalized spacial score (nSPS) is 20.4. The molecule has 1 heterocycles. The molecule has 0 spiro atoms. The van der Waals surface area contributed by atoms with E-state index < -0.39 is 0 Å². The second kappa shape index (κ2) is 11.3. The maximum absolute atomic E-state index is 5.39. The van der Waals surface area contributed by atoms with Crippen LogP contribution in [0, 0.1) is 5.92 Å². The molecule has 122 valence electrons. The molecular formula is C16H30IN3O. The molecule has 1 aliphatic heterocycles. The Morgan fingerprint density at radius 3 is 2.76 bits per heavy atom. The van der Waals surface area contributed by atoms with Crippen LogP contribution in [0.1, 0.15) is 44.9 Å². The topological polar surface area (TPSA) is 45.7 Å². The maximum atomic E-state index is 5.39. The second-order valence-electron chi connectivity index (χ2n) is 5.79. The fourth-order valence-electron chi connectivity index (χ4n) is 2.89. The molecule has 1 fully saturated rings. The highest BCUT2D eigenvalue weighted by atomic mass is 127. The third-order valence-electron chi connectivity index (χ3n) is 4.25. The Kier molecular flexibility index (Phi) is 10.1. The summed E-state index contributed by atoms with van der Waals surface area (Å²) in [7, 11) is 1.85. The van der Waals surface area contributed by atoms with Crippen LogP contribution in [0.2, 0.25) is 0 Å². The van der Waals surface area contributed by atoms with Gasteiger partial charge < -0.3 is 15.4 Å². The lowest BCUT2D eigenvalue weighted by molar-refractivity contribution is 0.0675. The van der Waals surface area contributed by atoms with Crippen LogP contribution in [0.25, 0.3) is 0 Å². The van der Waals surface area contributed by atoms with Gasteiger partial charge in [0.15, 0.2) is 5.96 Å². The molecule has 2 rings (SSSR count). The van der Waals surface area contributed by atoms with Crippen molar-refractivity contribution in [3.8, 4) is 0 Å². The molecule has 2 aliphatic rings. The molecule has 1 saturated heterocycles. The van der Waals surface area contributed by atoms with E-state index in [1.54, 1.807) is 5.57 Å². The summed E-state index contributed by atoms with van der Waals surface area (Å²) in [5.41, 5.74) is 1.61. The molecule has 0 radical (unpaired) electrons. The summed E-state index contributed by atoms with van der Waals surface area (Å²) in [6.45, 7) is 3.81. The zero-order valence-electron chi connectivity index (χ0n) is 13.2. The van der Waals surface area contributed by atoms with Crippen molar-refractivity contribution < 1.29 is 4.74 Å². The van der Waals surface area contributed by atoms with Crippen molar-refractivity contribution in [1.82, 2.24) is 10.6 Å². The molecule has 0 aromatic heterocycles. The average molecular weight is 407 g/mol. The minimum Gasteiger partial charge on any atom is -0.381 e. The van der Waals surface area contributed by atoms with E-state index in [0.717, 1.165) is 57.4 Å². The molecule has 0 aromatic rings. The molecule has 21 heavy (non-hydrogen) atoms. The quantitative estimate of drug-likeness (QED) is 0.319. The van der Waals surface area contributed by atoms with E-state index in [-0.39, 0.29) is 24.0 Å². The first-order chi connectivity index (χ1) is 9.88. The van der Waals surface area contributed by atoms with Crippen LogP contribution in [0.3, 0.4) is 0 Å². The van der Waals surface area contributed by atoms with Crippen molar-refractivity contribution in [2.75, 3.05) is 33.4 Å². The summed E-state index contributed by atoms with van der Waals surface area (Å²) in [5, 5.41) is 6.86. The summed E-state index contributed by atoms with van der Waals surface area (Å²) in [6, 6.07) is 0. The van der Waals surface area contributed by atoms with Crippen LogP contribution in [0.5, 0.6) is 0 Å². The van der Waals surface area contributed by atoms with Crippen molar-refractivity contribution in [3.05, 3.63) is 11.6 Å². The third-order valence-corrected chi connectivity index (χ3v) is 4.25. The lowest BCUT2D eigenvalue weighted by Crippen LogP contribution is -2.41. The highest BCUT2D eigenvalue weighted by Crippen LogP contribution is 2.19. The Labute approximate surface area is 146 Å². The predicted octanol–water partition coefficient (Wildman–Crippen LogP) is 3.09. The second-order valence-corrected chi connectivity index (χ2v) is 5.79. The number of aliphatic imine (C=N–C) groups is 1. The van der Waals surface area contributed by atoms with Gasteiger partial charge >= 0.3 is 0 Å². The van der Waals surface area contributed by atoms with Gasteiger partial charge in [-0.25, -0.2) is 0 Å². The summed E-state index contributed by atoms with van der Waals surface area (Å²) >= 11 is 0. The molecular weight excluding hydrogens is 377 g/mol. The number of ether oxygens (including phenoxy) is 1. The van der Waals surface area contributed by atoms with Crippen LogP contribution in [-0.2, 0) is 4.74 Å². The summed E-state index contributed by atoms with van der Waals surface area (Å²) in [5.74, 6) is 1.66. The summed E-state index contributed by atoms with van der Waals surface area (Å²) < 4.78 is 5.39. The maximum Gasteiger partial charge on any atom is 0.190 e. The van der Waals surface area contributed by atoms with Crippen molar-refractivity contribution >= 4 is 29.9 Å². The van der Waals surface area contributed by atoms with Gasteiger partial charge in [-0.15, -0.1) is 24.0 Å². The Hall–Kier alpha value is -0.300. The predicted molar refractivity (Wildman–Crippen MR) is 99.5 cm³/mol. The number of guanidine groups is 1. The van der Waals surface area contributed by atoms with E-state index in [0.29, 0.717) is 0 Å². The monoisotopic (exact) mass is 407 g/mol. The largest absolute Gasteiger partial charge is 0.381 e. The number of nitrogens with one attached hydrogen (secondary N) is 2. The first kappa shape index (κ1) is 18.7. The fraction of sp³-hybridized carbons (Fsp3) is 0.812. The molecule has 0 amide bonds. The van der Waals surface area contributed by atoms with Gasteiger partial charge in [0.05, 0.1) is 0 Å². The molecule has 0 saturated carbocycles. The Morgan fingerprint density at radius 2 is 2.10 bits per heavy atom. The number of nitrogens with zero attached hydrogens (tertiary/aromatic N) is 1. The molecule has 5 heteroatoms. The van der Waals surface area contributed by atoms with E-state index in [2.05, 4.69) is 21.7 Å². The Bertz CT molecular complexity index is 338. The third kappa shape index (κ3) is 7.49. The van der Waals surface area contributed by atoms with Crippen LogP contribution in [0.4, 0.5) is 0 Å². The standard InChI is InChI=1S/C16H29N3O.HI/c1-17-16(19-13-15-8-11-20-12-9-15)18-10-7-14-5-3-2-4-6-14;/h5,15H,2-4,6-13H2,1H3,(H2,17,18,19);1H. The minimum absolute atomic E-state index is 0. The minimum atomic E-state index is 0. The van der Waals surface area contributed by atoms with E-state index in [9.17, 15) is 0 Å². The molecule has 0 aromatic carbocycles. The Balaban J connectivity index is 0.00000220. The zero-order valence-corrected chi connectivity index (χ0v) is 15.5. The first-order valence-corrected chi connectivity index (χ1v) is 8.08. The lowest BCUT2D eigenvalue weighted by atomic mass is 9.97. The molecule has 0 atom stereocenters. The Morgan fingerprint density at radius 1 is 1.29 bits per heavy atom. The number of rotatable bonds is 5. The van der Waals surface area contributed by atoms with Crippen molar-refractivity contribution in [3.63, 3.8) is 0 Å². The lowest BCUT2D eigenvalue weighted by Gasteiger charge is -2.23. The number of allylic oxidation sites excluding steroid dienone is 1. The number of halogens is 1. The molecule has 0 bridgehead atoms. The summed E-state index contributed by atoms with van der Waals surface area (Å²) in [6.07, 6.45) is 11.2. The van der Waals surface area contributed by atoms with E-state index in [1.807, 2.05) is 7.05 Å². The average Bonchev–Trinajstić information content (AvgIpc) is 2.52. The number of hydrogen-bond acceptors (Lipinski definition) is 2. The van der Waals surface area contributed by atoms with Gasteiger partial charge in [0.2, 0.25) is 0 Å². The van der Waals surface area contributed by atoms with Crippen LogP contribution in [-0.4, -0.2) is 39.3 Å². The van der Waals surface area contributed by atoms with E-state index in [4.69, 9.17) is 4.74 Å². The van der Waals surface area contributed by atoms with E-state index in [1.165, 1.54) is 25.7 Å². The van der Waals surface area contributed by atoms with Crippen molar-refractivity contribution in [1.29, 1.82) is 0 Å². The first-order valence-electron chi connectivity index (χ1n) is 8.08. The van der Waals surface area contributed by atoms with Gasteiger partial charge in [-0.1, -0.05) is 11.6 Å². The SMILES string of the molecule is CN=C(NCCC1=CCCCC1)NCC1CCOCC1.I. The van der Waals surface area contributed by atoms with Crippen LogP contribution >= 0.6 is 24.0 Å². The van der Waals surface area contributed by atoms with Gasteiger partial charge in [-0.3, -0.25) is 4.99 Å². The molecule has 2 N–H and O–H groups in total. The van der Waals surface area contributed by atoms with Gasteiger partial charge in [0.25, 0.3) is 0 Å². The molecule has 0 unspecified atom stereocenters. The molecule has 4 nitrogen and oxygen atoms in total. The smallest absolute Gasteiger partial charge is 0.190 e.